The number of nitrogens with two attached hydrogens (primary N) is 1. The van der Waals surface area contributed by atoms with E-state index in [2.05, 4.69) is 5.32 Å². The zero-order valence-electron chi connectivity index (χ0n) is 9.95. The number of urea groups is 1. The molecular formula is C12H16N2O3. The van der Waals surface area contributed by atoms with E-state index in [1.54, 1.807) is 0 Å². The van der Waals surface area contributed by atoms with Crippen molar-refractivity contribution < 1.29 is 14.3 Å². The van der Waals surface area contributed by atoms with Gasteiger partial charge < -0.3 is 20.5 Å². The fraction of sp³-hybridized carbons (Fsp3) is 0.417. The summed E-state index contributed by atoms with van der Waals surface area (Å²) >= 11 is 0. The van der Waals surface area contributed by atoms with Crippen LogP contribution in [0.15, 0.2) is 18.2 Å². The minimum absolute atomic E-state index is 0.212. The molecule has 0 atom stereocenters. The second kappa shape index (κ2) is 4.16. The second-order valence-electron chi connectivity index (χ2n) is 4.67. The van der Waals surface area contributed by atoms with E-state index in [1.807, 2.05) is 32.0 Å². The molecule has 5 heteroatoms. The number of fused-ring (bicyclic) bond motifs is 1. The Kier molecular flexibility index (Phi) is 2.83. The highest BCUT2D eigenvalue weighted by Gasteiger charge is 2.24. The summed E-state index contributed by atoms with van der Waals surface area (Å²) in [6, 6.07) is 5.27. The lowest BCUT2D eigenvalue weighted by Crippen LogP contribution is -2.39. The van der Waals surface area contributed by atoms with Gasteiger partial charge in [0.05, 0.1) is 0 Å². The molecule has 92 valence electrons. The molecule has 0 aromatic heterocycles. The first-order valence-electron chi connectivity index (χ1n) is 5.42. The Labute approximate surface area is 99.9 Å². The van der Waals surface area contributed by atoms with Crippen LogP contribution < -0.4 is 20.5 Å². The van der Waals surface area contributed by atoms with Crippen LogP contribution in [0, 0.1) is 0 Å². The average Bonchev–Trinajstić information content (AvgIpc) is 2.73. The lowest BCUT2D eigenvalue weighted by Gasteiger charge is -2.25. The minimum atomic E-state index is -0.515. The summed E-state index contributed by atoms with van der Waals surface area (Å²) < 4.78 is 10.6. The molecule has 1 aromatic rings. The number of hydrogen-bond acceptors (Lipinski definition) is 3. The van der Waals surface area contributed by atoms with Gasteiger partial charge in [-0.05, 0) is 17.7 Å². The maximum atomic E-state index is 10.7. The predicted octanol–water partition coefficient (Wildman–Crippen LogP) is 1.36. The lowest BCUT2D eigenvalue weighted by molar-refractivity contribution is 0.174. The Morgan fingerprint density at radius 3 is 2.82 bits per heavy atom. The molecular weight excluding hydrogens is 220 g/mol. The van der Waals surface area contributed by atoms with E-state index < -0.39 is 6.03 Å². The van der Waals surface area contributed by atoms with Crippen LogP contribution in [0.4, 0.5) is 4.79 Å². The summed E-state index contributed by atoms with van der Waals surface area (Å²) in [6.07, 6.45) is 0. The van der Waals surface area contributed by atoms with Gasteiger partial charge in [0, 0.05) is 12.0 Å². The van der Waals surface area contributed by atoms with Crippen molar-refractivity contribution in [2.75, 3.05) is 13.3 Å². The first-order valence-corrected chi connectivity index (χ1v) is 5.42. The highest BCUT2D eigenvalue weighted by Crippen LogP contribution is 2.36. The maximum Gasteiger partial charge on any atom is 0.312 e. The van der Waals surface area contributed by atoms with Crippen molar-refractivity contribution in [1.82, 2.24) is 5.32 Å². The van der Waals surface area contributed by atoms with E-state index in [-0.39, 0.29) is 12.2 Å². The van der Waals surface area contributed by atoms with Crippen molar-refractivity contribution in [3.05, 3.63) is 23.8 Å². The van der Waals surface area contributed by atoms with Crippen LogP contribution in [-0.4, -0.2) is 19.4 Å². The highest BCUT2D eigenvalue weighted by atomic mass is 16.7. The Morgan fingerprint density at radius 1 is 1.41 bits per heavy atom. The Morgan fingerprint density at radius 2 is 2.12 bits per heavy atom. The smallest absolute Gasteiger partial charge is 0.312 e. The molecule has 0 unspecified atom stereocenters. The van der Waals surface area contributed by atoms with Crippen molar-refractivity contribution in [3.63, 3.8) is 0 Å². The molecule has 0 saturated carbocycles. The molecule has 0 saturated heterocycles. The van der Waals surface area contributed by atoms with Crippen molar-refractivity contribution in [3.8, 4) is 11.5 Å². The third-order valence-corrected chi connectivity index (χ3v) is 2.86. The molecule has 3 N–H and O–H groups in total. The van der Waals surface area contributed by atoms with Crippen LogP contribution >= 0.6 is 0 Å². The van der Waals surface area contributed by atoms with Gasteiger partial charge >= 0.3 is 6.03 Å². The summed E-state index contributed by atoms with van der Waals surface area (Å²) in [7, 11) is 0. The molecule has 0 spiro atoms. The van der Waals surface area contributed by atoms with Crippen LogP contribution in [-0.2, 0) is 5.41 Å². The summed E-state index contributed by atoms with van der Waals surface area (Å²) in [5.74, 6) is 1.50. The third kappa shape index (κ3) is 2.43. The standard InChI is InChI=1S/C12H16N2O3/c1-12(2,6-14-11(13)15)8-3-4-9-10(5-8)17-7-16-9/h3-5H,6-7H2,1-2H3,(H3,13,14,15). The number of benzene rings is 1. The average molecular weight is 236 g/mol. The highest BCUT2D eigenvalue weighted by molar-refractivity contribution is 5.71. The van der Waals surface area contributed by atoms with Gasteiger partial charge in [-0.15, -0.1) is 0 Å². The minimum Gasteiger partial charge on any atom is -0.454 e. The van der Waals surface area contributed by atoms with E-state index in [0.29, 0.717) is 6.54 Å². The molecule has 0 radical (unpaired) electrons. The molecule has 1 aromatic carbocycles. The summed E-state index contributed by atoms with van der Waals surface area (Å²) in [4.78, 5) is 10.7. The van der Waals surface area contributed by atoms with Crippen LogP contribution in [0.2, 0.25) is 0 Å². The third-order valence-electron chi connectivity index (χ3n) is 2.86. The Bertz CT molecular complexity index is 443. The second-order valence-corrected chi connectivity index (χ2v) is 4.67. The van der Waals surface area contributed by atoms with Gasteiger partial charge in [0.15, 0.2) is 11.5 Å². The zero-order valence-corrected chi connectivity index (χ0v) is 9.95. The van der Waals surface area contributed by atoms with Crippen molar-refractivity contribution >= 4 is 6.03 Å². The normalized spacial score (nSPS) is 13.5. The Hall–Kier alpha value is -1.91. The summed E-state index contributed by atoms with van der Waals surface area (Å²) in [5.41, 5.74) is 5.93. The zero-order chi connectivity index (χ0) is 12.5. The molecule has 17 heavy (non-hydrogen) atoms. The summed E-state index contributed by atoms with van der Waals surface area (Å²) in [5, 5.41) is 2.62. The molecule has 1 aliphatic rings. The van der Waals surface area contributed by atoms with E-state index in [0.717, 1.165) is 17.1 Å². The van der Waals surface area contributed by atoms with Crippen LogP contribution in [0.25, 0.3) is 0 Å². The number of primary amides is 1. The molecule has 0 fully saturated rings. The topological polar surface area (TPSA) is 73.6 Å². The van der Waals surface area contributed by atoms with Gasteiger partial charge in [0.2, 0.25) is 6.79 Å². The van der Waals surface area contributed by atoms with Crippen LogP contribution in [0.1, 0.15) is 19.4 Å². The number of carbonyl (C=O) groups excluding carboxylic acids is 1. The summed E-state index contributed by atoms with van der Waals surface area (Å²) in [6.45, 7) is 4.79. The van der Waals surface area contributed by atoms with Gasteiger partial charge in [-0.3, -0.25) is 0 Å². The van der Waals surface area contributed by atoms with Crippen molar-refractivity contribution in [1.29, 1.82) is 0 Å². The number of ether oxygens (including phenoxy) is 2. The van der Waals surface area contributed by atoms with E-state index in [1.165, 1.54) is 0 Å². The largest absolute Gasteiger partial charge is 0.454 e. The quantitative estimate of drug-likeness (QED) is 0.832. The first-order chi connectivity index (χ1) is 7.99. The van der Waals surface area contributed by atoms with Gasteiger partial charge in [0.1, 0.15) is 0 Å². The fourth-order valence-electron chi connectivity index (χ4n) is 1.73. The number of carbonyl (C=O) groups is 1. The molecule has 2 rings (SSSR count). The monoisotopic (exact) mass is 236 g/mol. The van der Waals surface area contributed by atoms with Crippen LogP contribution in [0.5, 0.6) is 11.5 Å². The molecule has 1 aliphatic heterocycles. The maximum absolute atomic E-state index is 10.7. The van der Waals surface area contributed by atoms with Gasteiger partial charge in [-0.1, -0.05) is 19.9 Å². The lowest BCUT2D eigenvalue weighted by atomic mass is 9.84. The predicted molar refractivity (Wildman–Crippen MR) is 63.2 cm³/mol. The SMILES string of the molecule is CC(C)(CNC(N)=O)c1ccc2c(c1)OCO2. The molecule has 0 bridgehead atoms. The molecule has 1 heterocycles. The van der Waals surface area contributed by atoms with E-state index in [4.69, 9.17) is 15.2 Å². The number of nitrogens with one attached hydrogen (secondary N) is 1. The molecule has 5 nitrogen and oxygen atoms in total. The van der Waals surface area contributed by atoms with E-state index in [9.17, 15) is 4.79 Å². The van der Waals surface area contributed by atoms with Gasteiger partial charge in [-0.2, -0.15) is 0 Å². The number of rotatable bonds is 3. The van der Waals surface area contributed by atoms with Crippen molar-refractivity contribution in [2.24, 2.45) is 5.73 Å². The fourth-order valence-corrected chi connectivity index (χ4v) is 1.73. The van der Waals surface area contributed by atoms with Gasteiger partial charge in [-0.25, -0.2) is 4.79 Å². The first kappa shape index (κ1) is 11.6. The number of hydrogen-bond donors (Lipinski definition) is 2. The van der Waals surface area contributed by atoms with E-state index >= 15 is 0 Å². The number of amides is 2. The molecule has 0 aliphatic carbocycles. The molecule has 2 amide bonds. The Balaban J connectivity index is 2.18. The van der Waals surface area contributed by atoms with Crippen molar-refractivity contribution in [2.45, 2.75) is 19.3 Å². The van der Waals surface area contributed by atoms with Crippen LogP contribution in [0.3, 0.4) is 0 Å². The van der Waals surface area contributed by atoms with Gasteiger partial charge in [0.25, 0.3) is 0 Å².